The summed E-state index contributed by atoms with van der Waals surface area (Å²) in [4.78, 5) is 2.54. The van der Waals surface area contributed by atoms with E-state index >= 15 is 0 Å². The van der Waals surface area contributed by atoms with Gasteiger partial charge in [-0.05, 0) is 58.7 Å². The Kier molecular flexibility index (Phi) is 7.82. The third kappa shape index (κ3) is 5.84. The van der Waals surface area contributed by atoms with Gasteiger partial charge in [0.05, 0.1) is 6.61 Å². The Morgan fingerprint density at radius 3 is 2.59 bits per heavy atom. The molecule has 1 saturated heterocycles. The van der Waals surface area contributed by atoms with E-state index in [2.05, 4.69) is 31.0 Å². The average molecular weight is 242 g/mol. The summed E-state index contributed by atoms with van der Waals surface area (Å²) in [5.74, 6) is 0.866. The third-order valence-corrected chi connectivity index (χ3v) is 3.81. The topological polar surface area (TPSA) is 24.5 Å². The van der Waals surface area contributed by atoms with E-state index in [1.807, 2.05) is 0 Å². The number of nitrogens with zero attached hydrogens (tertiary/aromatic N) is 1. The highest BCUT2D eigenvalue weighted by atomic mass is 16.5. The molecule has 1 atom stereocenters. The maximum atomic E-state index is 5.41. The zero-order chi connectivity index (χ0) is 12.5. The molecule has 1 heterocycles. The van der Waals surface area contributed by atoms with Crippen LogP contribution in [0.4, 0.5) is 0 Å². The van der Waals surface area contributed by atoms with Crippen LogP contribution in [0.25, 0.3) is 0 Å². The zero-order valence-electron chi connectivity index (χ0n) is 11.9. The standard InChI is InChI=1S/C14H30N2O/c1-4-8-15-13(3)14-6-9-16(10-7-14)11-12-17-5-2/h13-15H,4-12H2,1-3H3. The van der Waals surface area contributed by atoms with Crippen LogP contribution in [0.1, 0.15) is 40.0 Å². The molecule has 3 nitrogen and oxygen atoms in total. The summed E-state index contributed by atoms with van der Waals surface area (Å²) in [6, 6.07) is 0.684. The first kappa shape index (κ1) is 14.9. The van der Waals surface area contributed by atoms with Crippen LogP contribution in [0.3, 0.4) is 0 Å². The van der Waals surface area contributed by atoms with Gasteiger partial charge in [0.1, 0.15) is 0 Å². The Labute approximate surface area is 107 Å². The second-order valence-electron chi connectivity index (χ2n) is 5.12. The summed E-state index contributed by atoms with van der Waals surface area (Å²) in [7, 11) is 0. The number of piperidine rings is 1. The molecule has 1 fully saturated rings. The second kappa shape index (κ2) is 8.90. The van der Waals surface area contributed by atoms with Crippen molar-refractivity contribution in [1.82, 2.24) is 10.2 Å². The first-order chi connectivity index (χ1) is 8.27. The van der Waals surface area contributed by atoms with Crippen LogP contribution in [0, 0.1) is 5.92 Å². The number of hydrogen-bond donors (Lipinski definition) is 1. The van der Waals surface area contributed by atoms with E-state index in [0.29, 0.717) is 6.04 Å². The van der Waals surface area contributed by atoms with E-state index < -0.39 is 0 Å². The van der Waals surface area contributed by atoms with Crippen molar-refractivity contribution in [2.24, 2.45) is 5.92 Å². The third-order valence-electron chi connectivity index (χ3n) is 3.81. The van der Waals surface area contributed by atoms with Crippen molar-refractivity contribution in [2.45, 2.75) is 46.1 Å². The summed E-state index contributed by atoms with van der Waals surface area (Å²) >= 11 is 0. The summed E-state index contributed by atoms with van der Waals surface area (Å²) in [6.07, 6.45) is 3.91. The van der Waals surface area contributed by atoms with E-state index in [1.54, 1.807) is 0 Å². The molecule has 17 heavy (non-hydrogen) atoms. The van der Waals surface area contributed by atoms with Crippen molar-refractivity contribution in [2.75, 3.05) is 39.4 Å². The number of likely N-dealkylation sites (tertiary alicyclic amines) is 1. The van der Waals surface area contributed by atoms with E-state index in [4.69, 9.17) is 4.74 Å². The number of nitrogens with one attached hydrogen (secondary N) is 1. The lowest BCUT2D eigenvalue weighted by Gasteiger charge is -2.35. The van der Waals surface area contributed by atoms with Gasteiger partial charge in [-0.2, -0.15) is 0 Å². The quantitative estimate of drug-likeness (QED) is 0.660. The van der Waals surface area contributed by atoms with Crippen LogP contribution in [-0.4, -0.2) is 50.3 Å². The molecule has 0 amide bonds. The van der Waals surface area contributed by atoms with Crippen molar-refractivity contribution in [3.8, 4) is 0 Å². The molecule has 1 unspecified atom stereocenters. The molecule has 0 aliphatic carbocycles. The summed E-state index contributed by atoms with van der Waals surface area (Å²) in [5, 5.41) is 3.63. The predicted octanol–water partition coefficient (Wildman–Crippen LogP) is 2.12. The molecule has 0 aromatic carbocycles. The first-order valence-electron chi connectivity index (χ1n) is 7.31. The van der Waals surface area contributed by atoms with Gasteiger partial charge in [0.15, 0.2) is 0 Å². The van der Waals surface area contributed by atoms with Gasteiger partial charge in [0.25, 0.3) is 0 Å². The van der Waals surface area contributed by atoms with Crippen molar-refractivity contribution >= 4 is 0 Å². The molecule has 0 saturated carbocycles. The van der Waals surface area contributed by atoms with Crippen LogP contribution in [0.15, 0.2) is 0 Å². The van der Waals surface area contributed by atoms with Crippen molar-refractivity contribution in [1.29, 1.82) is 0 Å². The van der Waals surface area contributed by atoms with E-state index in [-0.39, 0.29) is 0 Å². The molecule has 1 rings (SSSR count). The van der Waals surface area contributed by atoms with Crippen LogP contribution in [-0.2, 0) is 4.74 Å². The smallest absolute Gasteiger partial charge is 0.0593 e. The van der Waals surface area contributed by atoms with E-state index in [0.717, 1.165) is 32.2 Å². The Balaban J connectivity index is 2.12. The van der Waals surface area contributed by atoms with Crippen LogP contribution >= 0.6 is 0 Å². The zero-order valence-corrected chi connectivity index (χ0v) is 11.9. The van der Waals surface area contributed by atoms with Crippen LogP contribution < -0.4 is 5.32 Å². The highest BCUT2D eigenvalue weighted by molar-refractivity contribution is 4.79. The number of rotatable bonds is 8. The molecular formula is C14H30N2O. The fraction of sp³-hybridized carbons (Fsp3) is 1.00. The second-order valence-corrected chi connectivity index (χ2v) is 5.12. The normalized spacial score (nSPS) is 20.6. The van der Waals surface area contributed by atoms with Crippen molar-refractivity contribution < 1.29 is 4.74 Å². The van der Waals surface area contributed by atoms with Gasteiger partial charge in [0.2, 0.25) is 0 Å². The van der Waals surface area contributed by atoms with Crippen molar-refractivity contribution in [3.05, 3.63) is 0 Å². The van der Waals surface area contributed by atoms with Crippen LogP contribution in [0.5, 0.6) is 0 Å². The van der Waals surface area contributed by atoms with Crippen LogP contribution in [0.2, 0.25) is 0 Å². The minimum Gasteiger partial charge on any atom is -0.380 e. The maximum Gasteiger partial charge on any atom is 0.0593 e. The fourth-order valence-corrected chi connectivity index (χ4v) is 2.55. The molecule has 0 spiro atoms. The number of hydrogen-bond acceptors (Lipinski definition) is 3. The predicted molar refractivity (Wildman–Crippen MR) is 73.4 cm³/mol. The summed E-state index contributed by atoms with van der Waals surface area (Å²) in [5.41, 5.74) is 0. The monoisotopic (exact) mass is 242 g/mol. The highest BCUT2D eigenvalue weighted by Crippen LogP contribution is 2.20. The Morgan fingerprint density at radius 2 is 2.00 bits per heavy atom. The first-order valence-corrected chi connectivity index (χ1v) is 7.31. The Morgan fingerprint density at radius 1 is 1.29 bits per heavy atom. The molecular weight excluding hydrogens is 212 g/mol. The van der Waals surface area contributed by atoms with Crippen molar-refractivity contribution in [3.63, 3.8) is 0 Å². The van der Waals surface area contributed by atoms with E-state index in [9.17, 15) is 0 Å². The molecule has 0 aromatic rings. The van der Waals surface area contributed by atoms with Gasteiger partial charge in [-0.15, -0.1) is 0 Å². The molecule has 102 valence electrons. The van der Waals surface area contributed by atoms with Gasteiger partial charge in [-0.1, -0.05) is 6.92 Å². The van der Waals surface area contributed by atoms with Gasteiger partial charge in [-0.25, -0.2) is 0 Å². The minimum atomic E-state index is 0.684. The molecule has 3 heteroatoms. The van der Waals surface area contributed by atoms with Gasteiger partial charge < -0.3 is 15.0 Å². The average Bonchev–Trinajstić information content (AvgIpc) is 2.37. The van der Waals surface area contributed by atoms with Gasteiger partial charge in [-0.3, -0.25) is 0 Å². The Hall–Kier alpha value is -0.120. The molecule has 1 aliphatic heterocycles. The molecule has 1 aliphatic rings. The summed E-state index contributed by atoms with van der Waals surface area (Å²) in [6.45, 7) is 13.1. The Bertz CT molecular complexity index is 179. The van der Waals surface area contributed by atoms with Gasteiger partial charge in [0, 0.05) is 19.2 Å². The minimum absolute atomic E-state index is 0.684. The highest BCUT2D eigenvalue weighted by Gasteiger charge is 2.22. The molecule has 1 N–H and O–H groups in total. The maximum absolute atomic E-state index is 5.41. The lowest BCUT2D eigenvalue weighted by molar-refractivity contribution is 0.0910. The fourth-order valence-electron chi connectivity index (χ4n) is 2.55. The number of ether oxygens (including phenoxy) is 1. The lowest BCUT2D eigenvalue weighted by atomic mass is 9.90. The van der Waals surface area contributed by atoms with Gasteiger partial charge >= 0.3 is 0 Å². The SMILES string of the molecule is CCCNC(C)C1CCN(CCOCC)CC1. The van der Waals surface area contributed by atoms with E-state index in [1.165, 1.54) is 32.4 Å². The molecule has 0 radical (unpaired) electrons. The lowest BCUT2D eigenvalue weighted by Crippen LogP contribution is -2.43. The molecule has 0 bridgehead atoms. The largest absolute Gasteiger partial charge is 0.380 e. The summed E-state index contributed by atoms with van der Waals surface area (Å²) < 4.78 is 5.41. The molecule has 0 aromatic heterocycles.